The summed E-state index contributed by atoms with van der Waals surface area (Å²) in [6.45, 7) is 4.31. The quantitative estimate of drug-likeness (QED) is 0.717. The van der Waals surface area contributed by atoms with Crippen molar-refractivity contribution < 1.29 is 0 Å². The molecule has 1 aromatic rings. The average molecular weight is 161 g/mol. The zero-order valence-electron chi connectivity index (χ0n) is 7.62. The van der Waals surface area contributed by atoms with Crippen molar-refractivity contribution in [2.45, 2.75) is 13.8 Å². The molecule has 0 aliphatic carbocycles. The lowest BCUT2D eigenvalue weighted by Gasteiger charge is -1.99. The summed E-state index contributed by atoms with van der Waals surface area (Å²) in [6, 6.07) is 10.1. The van der Waals surface area contributed by atoms with Gasteiger partial charge in [-0.3, -0.25) is 0 Å². The summed E-state index contributed by atoms with van der Waals surface area (Å²) in [6.07, 6.45) is 4.12. The van der Waals surface area contributed by atoms with Gasteiger partial charge >= 0.3 is 0 Å². The number of hydrogen-bond donors (Lipinski definition) is 1. The van der Waals surface area contributed by atoms with Crippen LogP contribution >= 0.6 is 0 Å². The first kappa shape index (κ1) is 8.85. The molecule has 0 radical (unpaired) electrons. The van der Waals surface area contributed by atoms with E-state index in [1.807, 2.05) is 36.5 Å². The first-order valence-electron chi connectivity index (χ1n) is 4.27. The maximum Gasteiger partial charge on any atom is 0.0379 e. The predicted molar refractivity (Wildman–Crippen MR) is 54.0 cm³/mol. The van der Waals surface area contributed by atoms with E-state index < -0.39 is 0 Å². The van der Waals surface area contributed by atoms with Crippen molar-refractivity contribution in [3.05, 3.63) is 42.6 Å². The maximum absolute atomic E-state index is 3.20. The van der Waals surface area contributed by atoms with Crippen LogP contribution in [0.2, 0.25) is 0 Å². The molecule has 64 valence electrons. The second-order valence-corrected chi connectivity index (χ2v) is 3.11. The van der Waals surface area contributed by atoms with E-state index >= 15 is 0 Å². The topological polar surface area (TPSA) is 12.0 Å². The fraction of sp³-hybridized carbons (Fsp3) is 0.273. The highest BCUT2D eigenvalue weighted by Gasteiger charge is 1.84. The Hall–Kier alpha value is -1.24. The van der Waals surface area contributed by atoms with Crippen LogP contribution in [0.15, 0.2) is 42.6 Å². The molecule has 0 saturated carbocycles. The minimum atomic E-state index is 0.598. The highest BCUT2D eigenvalue weighted by atomic mass is 14.8. The van der Waals surface area contributed by atoms with Crippen molar-refractivity contribution in [1.29, 1.82) is 0 Å². The molecule has 0 bridgehead atoms. The molecule has 1 heteroatoms. The van der Waals surface area contributed by atoms with Gasteiger partial charge in [-0.1, -0.05) is 38.1 Å². The largest absolute Gasteiger partial charge is 0.362 e. The van der Waals surface area contributed by atoms with Crippen LogP contribution in [0.1, 0.15) is 13.8 Å². The molecule has 0 aliphatic heterocycles. The monoisotopic (exact) mass is 161 g/mol. The average Bonchev–Trinajstić information content (AvgIpc) is 2.05. The van der Waals surface area contributed by atoms with Gasteiger partial charge < -0.3 is 5.32 Å². The Kier molecular flexibility index (Phi) is 3.39. The van der Waals surface area contributed by atoms with Gasteiger partial charge in [0.25, 0.3) is 0 Å². The van der Waals surface area contributed by atoms with E-state index in [0.29, 0.717) is 5.92 Å². The number of nitrogens with one attached hydrogen (secondary N) is 1. The highest BCUT2D eigenvalue weighted by molar-refractivity contribution is 5.44. The van der Waals surface area contributed by atoms with E-state index in [1.54, 1.807) is 0 Å². The van der Waals surface area contributed by atoms with Crippen molar-refractivity contribution >= 4 is 5.69 Å². The van der Waals surface area contributed by atoms with Crippen LogP contribution in [0, 0.1) is 5.92 Å². The fourth-order valence-electron chi connectivity index (χ4n) is 0.871. The summed E-state index contributed by atoms with van der Waals surface area (Å²) in [4.78, 5) is 0. The van der Waals surface area contributed by atoms with Crippen molar-refractivity contribution in [1.82, 2.24) is 0 Å². The first-order chi connectivity index (χ1) is 5.79. The molecular weight excluding hydrogens is 146 g/mol. The van der Waals surface area contributed by atoms with Crippen LogP contribution in [0.4, 0.5) is 5.69 Å². The van der Waals surface area contributed by atoms with Crippen LogP contribution in [0.25, 0.3) is 0 Å². The molecule has 0 atom stereocenters. The summed E-state index contributed by atoms with van der Waals surface area (Å²) in [5.41, 5.74) is 1.13. The van der Waals surface area contributed by atoms with E-state index in [4.69, 9.17) is 0 Å². The molecule has 0 fully saturated rings. The van der Waals surface area contributed by atoms with Gasteiger partial charge in [-0.05, 0) is 24.3 Å². The van der Waals surface area contributed by atoms with Crippen LogP contribution in [0.3, 0.4) is 0 Å². The second-order valence-electron chi connectivity index (χ2n) is 3.11. The van der Waals surface area contributed by atoms with Crippen LogP contribution in [-0.2, 0) is 0 Å². The number of rotatable bonds is 3. The minimum Gasteiger partial charge on any atom is -0.362 e. The highest BCUT2D eigenvalue weighted by Crippen LogP contribution is 2.04. The molecule has 0 saturated heterocycles. The van der Waals surface area contributed by atoms with Crippen LogP contribution in [-0.4, -0.2) is 0 Å². The molecule has 12 heavy (non-hydrogen) atoms. The Morgan fingerprint density at radius 2 is 1.83 bits per heavy atom. The van der Waals surface area contributed by atoms with Gasteiger partial charge in [0.2, 0.25) is 0 Å². The predicted octanol–water partition coefficient (Wildman–Crippen LogP) is 3.27. The number of allylic oxidation sites excluding steroid dienone is 1. The molecular formula is C11H15N. The van der Waals surface area contributed by atoms with Crippen molar-refractivity contribution in [3.8, 4) is 0 Å². The Morgan fingerprint density at radius 1 is 1.17 bits per heavy atom. The Bertz CT molecular complexity index is 236. The van der Waals surface area contributed by atoms with Crippen LogP contribution < -0.4 is 5.32 Å². The Labute approximate surface area is 74.1 Å². The number of hydrogen-bond acceptors (Lipinski definition) is 1. The van der Waals surface area contributed by atoms with Gasteiger partial charge in [0.05, 0.1) is 0 Å². The van der Waals surface area contributed by atoms with Gasteiger partial charge in [-0.25, -0.2) is 0 Å². The van der Waals surface area contributed by atoms with E-state index in [0.717, 1.165) is 5.69 Å². The lowest BCUT2D eigenvalue weighted by molar-refractivity contribution is 0.830. The molecule has 0 aromatic heterocycles. The smallest absolute Gasteiger partial charge is 0.0379 e. The zero-order chi connectivity index (χ0) is 8.81. The van der Waals surface area contributed by atoms with Crippen molar-refractivity contribution in [2.24, 2.45) is 5.92 Å². The van der Waals surface area contributed by atoms with Crippen LogP contribution in [0.5, 0.6) is 0 Å². The second kappa shape index (κ2) is 4.60. The van der Waals surface area contributed by atoms with Gasteiger partial charge in [0.15, 0.2) is 0 Å². The summed E-state index contributed by atoms with van der Waals surface area (Å²) in [7, 11) is 0. The first-order valence-corrected chi connectivity index (χ1v) is 4.27. The molecule has 1 nitrogen and oxygen atoms in total. The minimum absolute atomic E-state index is 0.598. The van der Waals surface area contributed by atoms with Crippen molar-refractivity contribution in [2.75, 3.05) is 5.32 Å². The van der Waals surface area contributed by atoms with E-state index in [9.17, 15) is 0 Å². The van der Waals surface area contributed by atoms with Gasteiger partial charge in [0, 0.05) is 5.69 Å². The van der Waals surface area contributed by atoms with Gasteiger partial charge in [-0.2, -0.15) is 0 Å². The third kappa shape index (κ3) is 3.24. The molecule has 0 amide bonds. The van der Waals surface area contributed by atoms with Gasteiger partial charge in [0.1, 0.15) is 0 Å². The number of benzene rings is 1. The molecule has 0 aliphatic rings. The number of para-hydroxylation sites is 1. The lowest BCUT2D eigenvalue weighted by Crippen LogP contribution is -1.87. The molecule has 1 N–H and O–H groups in total. The Balaban J connectivity index is 2.43. The summed E-state index contributed by atoms with van der Waals surface area (Å²) in [5, 5.41) is 3.20. The molecule has 0 unspecified atom stereocenters. The fourth-order valence-corrected chi connectivity index (χ4v) is 0.871. The summed E-state index contributed by atoms with van der Waals surface area (Å²) in [5.74, 6) is 0.598. The molecule has 0 heterocycles. The summed E-state index contributed by atoms with van der Waals surface area (Å²) >= 11 is 0. The SMILES string of the molecule is CC(C)/C=C/Nc1ccccc1. The molecule has 0 spiro atoms. The van der Waals surface area contributed by atoms with E-state index in [1.165, 1.54) is 0 Å². The third-order valence-corrected chi connectivity index (χ3v) is 1.50. The van der Waals surface area contributed by atoms with Crippen molar-refractivity contribution in [3.63, 3.8) is 0 Å². The lowest BCUT2D eigenvalue weighted by atomic mass is 10.2. The molecule has 1 aromatic carbocycles. The molecule has 1 rings (SSSR count). The standard InChI is InChI=1S/C11H15N/c1-10(2)8-9-12-11-6-4-3-5-7-11/h3-10,12H,1-2H3/b9-8+. The summed E-state index contributed by atoms with van der Waals surface area (Å²) < 4.78 is 0. The van der Waals surface area contributed by atoms with E-state index in [-0.39, 0.29) is 0 Å². The third-order valence-electron chi connectivity index (χ3n) is 1.50. The number of anilines is 1. The normalized spacial score (nSPS) is 10.9. The van der Waals surface area contributed by atoms with E-state index in [2.05, 4.69) is 25.2 Å². The zero-order valence-corrected chi connectivity index (χ0v) is 7.62. The Morgan fingerprint density at radius 3 is 2.42 bits per heavy atom. The maximum atomic E-state index is 3.20. The van der Waals surface area contributed by atoms with Gasteiger partial charge in [-0.15, -0.1) is 0 Å².